The molecule has 0 bridgehead atoms. The summed E-state index contributed by atoms with van der Waals surface area (Å²) in [6.45, 7) is 2.20. The summed E-state index contributed by atoms with van der Waals surface area (Å²) in [6, 6.07) is 0. The van der Waals surface area contributed by atoms with E-state index < -0.39 is 0 Å². The van der Waals surface area contributed by atoms with Gasteiger partial charge in [-0.25, -0.2) is 0 Å². The highest BCUT2D eigenvalue weighted by molar-refractivity contribution is 7.99. The van der Waals surface area contributed by atoms with Gasteiger partial charge in [-0.1, -0.05) is 6.92 Å². The van der Waals surface area contributed by atoms with Crippen LogP contribution in [0, 0.1) is 0 Å². The Balaban J connectivity index is 2.01. The van der Waals surface area contributed by atoms with Crippen molar-refractivity contribution < 1.29 is 0 Å². The van der Waals surface area contributed by atoms with Gasteiger partial charge in [-0.3, -0.25) is 0 Å². The minimum absolute atomic E-state index is 0.252. The molecule has 1 rings (SSSR count). The predicted molar refractivity (Wildman–Crippen MR) is 48.4 cm³/mol. The molecule has 0 aromatic carbocycles. The quantitative estimate of drug-likeness (QED) is 0.635. The molecule has 0 saturated heterocycles. The summed E-state index contributed by atoms with van der Waals surface area (Å²) in [6.07, 6.45) is 5.10. The average Bonchev–Trinajstić information content (AvgIpc) is 1.85. The summed E-state index contributed by atoms with van der Waals surface area (Å²) in [7, 11) is 0. The molecule has 0 spiro atoms. The van der Waals surface area contributed by atoms with Crippen LogP contribution in [0.3, 0.4) is 0 Å². The largest absolute Gasteiger partial charge is 0.325 e. The molecule has 0 aliphatic heterocycles. The first kappa shape index (κ1) is 8.41. The lowest BCUT2D eigenvalue weighted by atomic mass is 9.76. The second-order valence-electron chi connectivity index (χ2n) is 3.16. The van der Waals surface area contributed by atoms with E-state index in [9.17, 15) is 0 Å². The van der Waals surface area contributed by atoms with Crippen molar-refractivity contribution in [2.45, 2.75) is 38.1 Å². The van der Waals surface area contributed by atoms with Crippen LogP contribution >= 0.6 is 11.8 Å². The van der Waals surface area contributed by atoms with Crippen LogP contribution in [0.25, 0.3) is 0 Å². The summed E-state index contributed by atoms with van der Waals surface area (Å²) in [5.41, 5.74) is 6.28. The van der Waals surface area contributed by atoms with Crippen molar-refractivity contribution in [2.24, 2.45) is 5.73 Å². The molecule has 0 heterocycles. The van der Waals surface area contributed by atoms with E-state index in [2.05, 4.69) is 6.92 Å². The Kier molecular flexibility index (Phi) is 3.05. The van der Waals surface area contributed by atoms with Gasteiger partial charge in [0.15, 0.2) is 0 Å². The van der Waals surface area contributed by atoms with Gasteiger partial charge in [-0.05, 0) is 37.2 Å². The van der Waals surface area contributed by atoms with E-state index in [1.54, 1.807) is 0 Å². The molecule has 2 heteroatoms. The Morgan fingerprint density at radius 2 is 2.20 bits per heavy atom. The third-order valence-corrected chi connectivity index (χ3v) is 3.20. The van der Waals surface area contributed by atoms with Gasteiger partial charge in [0.25, 0.3) is 0 Å². The Morgan fingerprint density at radius 3 is 2.60 bits per heavy atom. The smallest absolute Gasteiger partial charge is 0.0162 e. The molecule has 1 saturated carbocycles. The van der Waals surface area contributed by atoms with Crippen molar-refractivity contribution in [3.8, 4) is 0 Å². The van der Waals surface area contributed by atoms with Crippen LogP contribution in [0.15, 0.2) is 0 Å². The number of thioether (sulfide) groups is 1. The SMILES string of the molecule is CCSCCC1(N)CCC1. The van der Waals surface area contributed by atoms with Crippen LogP contribution in [0.5, 0.6) is 0 Å². The third kappa shape index (κ3) is 2.17. The molecule has 0 unspecified atom stereocenters. The molecule has 0 aromatic rings. The van der Waals surface area contributed by atoms with Crippen molar-refractivity contribution in [3.05, 3.63) is 0 Å². The highest BCUT2D eigenvalue weighted by Crippen LogP contribution is 2.32. The zero-order chi connectivity index (χ0) is 7.45. The zero-order valence-corrected chi connectivity index (χ0v) is 7.54. The Labute approximate surface area is 67.8 Å². The third-order valence-electron chi connectivity index (χ3n) is 2.30. The van der Waals surface area contributed by atoms with Gasteiger partial charge in [0.2, 0.25) is 0 Å². The van der Waals surface area contributed by atoms with Gasteiger partial charge in [0.05, 0.1) is 0 Å². The molecule has 1 fully saturated rings. The molecular weight excluding hydrogens is 142 g/mol. The van der Waals surface area contributed by atoms with E-state index in [1.165, 1.54) is 37.2 Å². The van der Waals surface area contributed by atoms with Crippen LogP contribution in [-0.2, 0) is 0 Å². The van der Waals surface area contributed by atoms with E-state index >= 15 is 0 Å². The first-order valence-corrected chi connectivity index (χ1v) is 5.29. The fourth-order valence-corrected chi connectivity index (χ4v) is 2.14. The van der Waals surface area contributed by atoms with Gasteiger partial charge in [0, 0.05) is 5.54 Å². The second-order valence-corrected chi connectivity index (χ2v) is 4.56. The van der Waals surface area contributed by atoms with E-state index in [1.807, 2.05) is 11.8 Å². The van der Waals surface area contributed by atoms with E-state index in [-0.39, 0.29) is 5.54 Å². The molecule has 60 valence electrons. The Hall–Kier alpha value is 0.310. The van der Waals surface area contributed by atoms with Crippen molar-refractivity contribution in [1.29, 1.82) is 0 Å². The summed E-state index contributed by atoms with van der Waals surface area (Å²) >= 11 is 2.00. The number of nitrogens with two attached hydrogens (primary N) is 1. The Bertz CT molecular complexity index is 99.4. The first-order chi connectivity index (χ1) is 4.77. The summed E-state index contributed by atoms with van der Waals surface area (Å²) in [4.78, 5) is 0. The van der Waals surface area contributed by atoms with Crippen LogP contribution in [0.4, 0.5) is 0 Å². The van der Waals surface area contributed by atoms with E-state index in [0.717, 1.165) is 0 Å². The van der Waals surface area contributed by atoms with Gasteiger partial charge in [-0.15, -0.1) is 0 Å². The minimum atomic E-state index is 0.252. The van der Waals surface area contributed by atoms with Gasteiger partial charge in [-0.2, -0.15) is 11.8 Å². The molecule has 0 aromatic heterocycles. The number of hydrogen-bond donors (Lipinski definition) is 1. The summed E-state index contributed by atoms with van der Waals surface area (Å²) in [5.74, 6) is 2.49. The minimum Gasteiger partial charge on any atom is -0.325 e. The van der Waals surface area contributed by atoms with Crippen molar-refractivity contribution >= 4 is 11.8 Å². The molecule has 1 nitrogen and oxygen atoms in total. The molecule has 0 radical (unpaired) electrons. The molecule has 1 aliphatic carbocycles. The van der Waals surface area contributed by atoms with Gasteiger partial charge < -0.3 is 5.73 Å². The molecule has 10 heavy (non-hydrogen) atoms. The highest BCUT2D eigenvalue weighted by atomic mass is 32.2. The van der Waals surface area contributed by atoms with E-state index in [0.29, 0.717) is 0 Å². The van der Waals surface area contributed by atoms with Crippen molar-refractivity contribution in [2.75, 3.05) is 11.5 Å². The molecular formula is C8H17NS. The van der Waals surface area contributed by atoms with Crippen LogP contribution in [-0.4, -0.2) is 17.0 Å². The fraction of sp³-hybridized carbons (Fsp3) is 1.00. The lowest BCUT2D eigenvalue weighted by Crippen LogP contribution is -2.46. The van der Waals surface area contributed by atoms with Crippen LogP contribution in [0.1, 0.15) is 32.6 Å². The number of rotatable bonds is 4. The predicted octanol–water partition coefficient (Wildman–Crippen LogP) is 2.01. The standard InChI is InChI=1S/C8H17NS/c1-2-10-7-6-8(9)4-3-5-8/h2-7,9H2,1H3. The highest BCUT2D eigenvalue weighted by Gasteiger charge is 2.31. The van der Waals surface area contributed by atoms with Gasteiger partial charge in [0.1, 0.15) is 0 Å². The molecule has 0 atom stereocenters. The second kappa shape index (κ2) is 3.63. The van der Waals surface area contributed by atoms with E-state index in [4.69, 9.17) is 5.73 Å². The van der Waals surface area contributed by atoms with Crippen molar-refractivity contribution in [1.82, 2.24) is 0 Å². The molecule has 1 aliphatic rings. The maximum atomic E-state index is 6.03. The molecule has 0 amide bonds. The Morgan fingerprint density at radius 1 is 1.50 bits per heavy atom. The monoisotopic (exact) mass is 159 g/mol. The van der Waals surface area contributed by atoms with Crippen LogP contribution < -0.4 is 5.73 Å². The van der Waals surface area contributed by atoms with Crippen LogP contribution in [0.2, 0.25) is 0 Å². The van der Waals surface area contributed by atoms with Gasteiger partial charge >= 0.3 is 0 Å². The fourth-order valence-electron chi connectivity index (χ4n) is 1.30. The first-order valence-electron chi connectivity index (χ1n) is 4.13. The normalized spacial score (nSPS) is 22.2. The number of hydrogen-bond acceptors (Lipinski definition) is 2. The topological polar surface area (TPSA) is 26.0 Å². The summed E-state index contributed by atoms with van der Waals surface area (Å²) in [5, 5.41) is 0. The maximum Gasteiger partial charge on any atom is 0.0162 e. The lowest BCUT2D eigenvalue weighted by molar-refractivity contribution is 0.242. The lowest BCUT2D eigenvalue weighted by Gasteiger charge is -2.38. The summed E-state index contributed by atoms with van der Waals surface area (Å²) < 4.78 is 0. The maximum absolute atomic E-state index is 6.03. The zero-order valence-electron chi connectivity index (χ0n) is 6.73. The molecule has 2 N–H and O–H groups in total. The average molecular weight is 159 g/mol. The van der Waals surface area contributed by atoms with Crippen molar-refractivity contribution in [3.63, 3.8) is 0 Å².